The molecular formula is C21H24N2O3S. The average Bonchev–Trinajstić information content (AvgIpc) is 3.21. The van der Waals surface area contributed by atoms with Crippen LogP contribution in [0.5, 0.6) is 0 Å². The van der Waals surface area contributed by atoms with Gasteiger partial charge < -0.3 is 10.6 Å². The number of carbonyl (C=O) groups is 3. The van der Waals surface area contributed by atoms with Crippen LogP contribution in [0.3, 0.4) is 0 Å². The summed E-state index contributed by atoms with van der Waals surface area (Å²) in [5.41, 5.74) is 2.51. The number of benzene rings is 1. The number of aryl methyl sites for hydroxylation is 1. The Kier molecular flexibility index (Phi) is 6.76. The minimum absolute atomic E-state index is 0.0196. The lowest BCUT2D eigenvalue weighted by Crippen LogP contribution is -2.34. The van der Waals surface area contributed by atoms with Crippen molar-refractivity contribution in [2.24, 2.45) is 0 Å². The van der Waals surface area contributed by atoms with Gasteiger partial charge in [0.2, 0.25) is 11.8 Å². The number of ketones is 1. The molecule has 2 N–H and O–H groups in total. The van der Waals surface area contributed by atoms with Gasteiger partial charge in [0.15, 0.2) is 5.78 Å². The van der Waals surface area contributed by atoms with Crippen LogP contribution in [-0.4, -0.2) is 24.1 Å². The number of rotatable bonds is 8. The van der Waals surface area contributed by atoms with E-state index in [1.54, 1.807) is 6.07 Å². The van der Waals surface area contributed by atoms with Crippen molar-refractivity contribution in [3.63, 3.8) is 0 Å². The predicted octanol–water partition coefficient (Wildman–Crippen LogP) is 3.41. The molecule has 6 heteroatoms. The molecule has 142 valence electrons. The van der Waals surface area contributed by atoms with Gasteiger partial charge in [0.05, 0.1) is 10.9 Å². The first-order chi connectivity index (χ1) is 13.1. The van der Waals surface area contributed by atoms with Crippen LogP contribution < -0.4 is 10.6 Å². The molecule has 1 unspecified atom stereocenters. The molecule has 0 saturated heterocycles. The Bertz CT molecular complexity index is 802. The van der Waals surface area contributed by atoms with Crippen LogP contribution >= 0.6 is 11.3 Å². The molecular weight excluding hydrogens is 360 g/mol. The van der Waals surface area contributed by atoms with E-state index < -0.39 is 0 Å². The second-order valence-corrected chi connectivity index (χ2v) is 7.66. The molecule has 2 amide bonds. The molecule has 1 heterocycles. The number of thiophene rings is 1. The number of fused-ring (bicyclic) bond motifs is 1. The van der Waals surface area contributed by atoms with Crippen molar-refractivity contribution in [2.45, 2.75) is 44.6 Å². The third-order valence-electron chi connectivity index (χ3n) is 4.75. The van der Waals surface area contributed by atoms with Crippen LogP contribution in [0.1, 0.15) is 58.9 Å². The van der Waals surface area contributed by atoms with Crippen LogP contribution in [0.15, 0.2) is 41.8 Å². The van der Waals surface area contributed by atoms with Gasteiger partial charge in [-0.05, 0) is 41.8 Å². The molecule has 0 radical (unpaired) electrons. The molecule has 27 heavy (non-hydrogen) atoms. The van der Waals surface area contributed by atoms with E-state index in [-0.39, 0.29) is 49.4 Å². The van der Waals surface area contributed by atoms with Gasteiger partial charge in [-0.3, -0.25) is 14.4 Å². The molecule has 0 spiro atoms. The van der Waals surface area contributed by atoms with Crippen molar-refractivity contribution in [1.82, 2.24) is 10.6 Å². The van der Waals surface area contributed by atoms with Crippen molar-refractivity contribution in [1.29, 1.82) is 0 Å². The number of Topliss-reactive ketones (excluding diaryl/α,β-unsaturated/α-hetero) is 1. The quantitative estimate of drug-likeness (QED) is 0.685. The Morgan fingerprint density at radius 2 is 1.85 bits per heavy atom. The van der Waals surface area contributed by atoms with E-state index in [2.05, 4.69) is 22.8 Å². The van der Waals surface area contributed by atoms with Crippen LogP contribution in [0.4, 0.5) is 0 Å². The highest BCUT2D eigenvalue weighted by Crippen LogP contribution is 2.29. The summed E-state index contributed by atoms with van der Waals surface area (Å²) in [5.74, 6) is -0.281. The maximum Gasteiger partial charge on any atom is 0.222 e. The normalized spacial score (nSPS) is 15.6. The second kappa shape index (κ2) is 9.46. The summed E-state index contributed by atoms with van der Waals surface area (Å²) >= 11 is 1.38. The standard InChI is InChI=1S/C21H24N2O3S/c24-18(19-9-4-14-27-19)10-11-20(25)22-13-12-21(26)23-17-8-3-6-15-5-1-2-7-16(15)17/h1-2,4-5,7,9,14,17H,3,6,8,10-13H2,(H,22,25)(H,23,26). The largest absolute Gasteiger partial charge is 0.356 e. The van der Waals surface area contributed by atoms with Gasteiger partial charge in [-0.2, -0.15) is 0 Å². The van der Waals surface area contributed by atoms with Gasteiger partial charge >= 0.3 is 0 Å². The molecule has 3 rings (SSSR count). The number of amides is 2. The van der Waals surface area contributed by atoms with Crippen molar-refractivity contribution in [3.8, 4) is 0 Å². The van der Waals surface area contributed by atoms with Crippen LogP contribution in [0.2, 0.25) is 0 Å². The lowest BCUT2D eigenvalue weighted by molar-refractivity contribution is -0.122. The Balaban J connectivity index is 1.36. The second-order valence-electron chi connectivity index (χ2n) is 6.71. The van der Waals surface area contributed by atoms with Crippen molar-refractivity contribution >= 4 is 28.9 Å². The van der Waals surface area contributed by atoms with E-state index in [9.17, 15) is 14.4 Å². The zero-order chi connectivity index (χ0) is 19.1. The van der Waals surface area contributed by atoms with E-state index in [0.717, 1.165) is 19.3 Å². The van der Waals surface area contributed by atoms with Gasteiger partial charge in [-0.15, -0.1) is 11.3 Å². The molecule has 2 aromatic rings. The molecule has 1 aliphatic carbocycles. The Morgan fingerprint density at radius 1 is 1.00 bits per heavy atom. The summed E-state index contributed by atoms with van der Waals surface area (Å²) in [6, 6.07) is 11.9. The Labute approximate surface area is 163 Å². The third kappa shape index (κ3) is 5.50. The van der Waals surface area contributed by atoms with Gasteiger partial charge in [0.1, 0.15) is 0 Å². The van der Waals surface area contributed by atoms with E-state index in [1.165, 1.54) is 22.5 Å². The molecule has 1 aliphatic rings. The maximum atomic E-state index is 12.2. The van der Waals surface area contributed by atoms with Gasteiger partial charge in [0.25, 0.3) is 0 Å². The summed E-state index contributed by atoms with van der Waals surface area (Å²) in [7, 11) is 0. The fourth-order valence-electron chi connectivity index (χ4n) is 3.36. The van der Waals surface area contributed by atoms with E-state index >= 15 is 0 Å². The topological polar surface area (TPSA) is 75.3 Å². The Hall–Kier alpha value is -2.47. The smallest absolute Gasteiger partial charge is 0.222 e. The highest BCUT2D eigenvalue weighted by Gasteiger charge is 2.21. The van der Waals surface area contributed by atoms with Crippen LogP contribution in [-0.2, 0) is 16.0 Å². The van der Waals surface area contributed by atoms with Gasteiger partial charge in [0, 0.05) is 25.8 Å². The number of hydrogen-bond acceptors (Lipinski definition) is 4. The van der Waals surface area contributed by atoms with Crippen molar-refractivity contribution in [2.75, 3.05) is 6.54 Å². The van der Waals surface area contributed by atoms with Gasteiger partial charge in [-0.25, -0.2) is 0 Å². The lowest BCUT2D eigenvalue weighted by Gasteiger charge is -2.26. The summed E-state index contributed by atoms with van der Waals surface area (Å²) in [5, 5.41) is 7.64. The first-order valence-electron chi connectivity index (χ1n) is 9.34. The molecule has 0 fully saturated rings. The number of carbonyl (C=O) groups excluding carboxylic acids is 3. The SMILES string of the molecule is O=C(CCC(=O)c1cccs1)NCCC(=O)NC1CCCc2ccccc21. The van der Waals surface area contributed by atoms with E-state index in [0.29, 0.717) is 4.88 Å². The van der Waals surface area contributed by atoms with Crippen LogP contribution in [0, 0.1) is 0 Å². The monoisotopic (exact) mass is 384 g/mol. The maximum absolute atomic E-state index is 12.2. The highest BCUT2D eigenvalue weighted by atomic mass is 32.1. The zero-order valence-electron chi connectivity index (χ0n) is 15.2. The summed E-state index contributed by atoms with van der Waals surface area (Å²) < 4.78 is 0. The third-order valence-corrected chi connectivity index (χ3v) is 5.66. The molecule has 1 aromatic heterocycles. The highest BCUT2D eigenvalue weighted by molar-refractivity contribution is 7.12. The minimum atomic E-state index is -0.198. The number of hydrogen-bond donors (Lipinski definition) is 2. The summed E-state index contributed by atoms with van der Waals surface area (Å²) in [4.78, 5) is 36.6. The Morgan fingerprint density at radius 3 is 2.67 bits per heavy atom. The van der Waals surface area contributed by atoms with Crippen molar-refractivity contribution in [3.05, 3.63) is 57.8 Å². The molecule has 5 nitrogen and oxygen atoms in total. The first-order valence-corrected chi connectivity index (χ1v) is 10.2. The zero-order valence-corrected chi connectivity index (χ0v) is 16.0. The summed E-state index contributed by atoms with van der Waals surface area (Å²) in [6.07, 6.45) is 3.65. The fraction of sp³-hybridized carbons (Fsp3) is 0.381. The fourth-order valence-corrected chi connectivity index (χ4v) is 4.06. The average molecular weight is 385 g/mol. The lowest BCUT2D eigenvalue weighted by atomic mass is 9.88. The van der Waals surface area contributed by atoms with Crippen molar-refractivity contribution < 1.29 is 14.4 Å². The molecule has 1 aromatic carbocycles. The van der Waals surface area contributed by atoms with E-state index in [4.69, 9.17) is 0 Å². The molecule has 0 aliphatic heterocycles. The number of nitrogens with one attached hydrogen (secondary N) is 2. The first kappa shape index (κ1) is 19.3. The molecule has 0 bridgehead atoms. The minimum Gasteiger partial charge on any atom is -0.356 e. The van der Waals surface area contributed by atoms with Gasteiger partial charge in [-0.1, -0.05) is 30.3 Å². The molecule has 0 saturated carbocycles. The summed E-state index contributed by atoms with van der Waals surface area (Å²) in [6.45, 7) is 0.284. The van der Waals surface area contributed by atoms with E-state index in [1.807, 2.05) is 23.6 Å². The van der Waals surface area contributed by atoms with Crippen LogP contribution in [0.25, 0.3) is 0 Å². The predicted molar refractivity (Wildman–Crippen MR) is 106 cm³/mol. The molecule has 1 atom stereocenters.